The van der Waals surface area contributed by atoms with Gasteiger partial charge in [-0.05, 0) is 37.0 Å². The number of carbonyl (C=O) groups is 2. The topological polar surface area (TPSA) is 66.4 Å². The van der Waals surface area contributed by atoms with Crippen LogP contribution in [0.2, 0.25) is 5.02 Å². The Bertz CT molecular complexity index is 536. The van der Waals surface area contributed by atoms with Crippen LogP contribution in [0.4, 0.5) is 0 Å². The van der Waals surface area contributed by atoms with Crippen LogP contribution in [0.15, 0.2) is 18.2 Å². The number of amides is 1. The smallest absolute Gasteiger partial charge is 0.329 e. The molecule has 1 aromatic carbocycles. The molecule has 0 bridgehead atoms. The van der Waals surface area contributed by atoms with Crippen molar-refractivity contribution in [1.29, 1.82) is 0 Å². The molecule has 0 saturated heterocycles. The van der Waals surface area contributed by atoms with Gasteiger partial charge in [-0.25, -0.2) is 4.79 Å². The highest BCUT2D eigenvalue weighted by atomic mass is 35.5. The van der Waals surface area contributed by atoms with Gasteiger partial charge in [-0.15, -0.1) is 0 Å². The molecule has 1 saturated carbocycles. The van der Waals surface area contributed by atoms with Gasteiger partial charge in [0.25, 0.3) is 0 Å². The van der Waals surface area contributed by atoms with Crippen LogP contribution < -0.4 is 5.32 Å². The second-order valence-corrected chi connectivity index (χ2v) is 5.82. The Balaban J connectivity index is 2.07. The number of aliphatic carboxylic acids is 1. The lowest BCUT2D eigenvalue weighted by atomic mass is 9.97. The van der Waals surface area contributed by atoms with E-state index in [4.69, 9.17) is 11.6 Å². The third kappa shape index (κ3) is 3.12. The molecule has 2 rings (SSSR count). The maximum absolute atomic E-state index is 12.1. The number of hydrogen-bond acceptors (Lipinski definition) is 2. The zero-order chi connectivity index (χ0) is 14.8. The zero-order valence-corrected chi connectivity index (χ0v) is 12.2. The van der Waals surface area contributed by atoms with E-state index in [0.717, 1.165) is 18.4 Å². The Morgan fingerprint density at radius 3 is 2.55 bits per heavy atom. The molecule has 0 spiro atoms. The van der Waals surface area contributed by atoms with Gasteiger partial charge in [0.15, 0.2) is 0 Å². The van der Waals surface area contributed by atoms with Crippen molar-refractivity contribution in [2.45, 2.75) is 44.6 Å². The van der Waals surface area contributed by atoms with Crippen LogP contribution in [0.25, 0.3) is 0 Å². The summed E-state index contributed by atoms with van der Waals surface area (Å²) in [7, 11) is 0. The van der Waals surface area contributed by atoms with E-state index in [1.54, 1.807) is 12.1 Å². The van der Waals surface area contributed by atoms with Crippen molar-refractivity contribution < 1.29 is 14.7 Å². The zero-order valence-electron chi connectivity index (χ0n) is 11.4. The van der Waals surface area contributed by atoms with Gasteiger partial charge in [0.2, 0.25) is 5.91 Å². The van der Waals surface area contributed by atoms with Crippen LogP contribution in [0.3, 0.4) is 0 Å². The molecule has 1 aromatic rings. The fourth-order valence-corrected chi connectivity index (χ4v) is 2.95. The molecule has 20 heavy (non-hydrogen) atoms. The van der Waals surface area contributed by atoms with E-state index in [1.807, 2.05) is 13.0 Å². The number of nitrogens with one attached hydrogen (secondary N) is 1. The minimum Gasteiger partial charge on any atom is -0.480 e. The van der Waals surface area contributed by atoms with Gasteiger partial charge in [0.05, 0.1) is 6.42 Å². The van der Waals surface area contributed by atoms with Crippen molar-refractivity contribution in [3.05, 3.63) is 34.3 Å². The summed E-state index contributed by atoms with van der Waals surface area (Å²) < 4.78 is 0. The monoisotopic (exact) mass is 295 g/mol. The Hall–Kier alpha value is -1.55. The van der Waals surface area contributed by atoms with Crippen molar-refractivity contribution >= 4 is 23.5 Å². The van der Waals surface area contributed by atoms with Crippen LogP contribution in [0.5, 0.6) is 0 Å². The van der Waals surface area contributed by atoms with E-state index in [9.17, 15) is 14.7 Å². The van der Waals surface area contributed by atoms with Gasteiger partial charge in [-0.3, -0.25) is 4.79 Å². The van der Waals surface area contributed by atoms with E-state index in [2.05, 4.69) is 5.32 Å². The van der Waals surface area contributed by atoms with Crippen LogP contribution >= 0.6 is 11.6 Å². The van der Waals surface area contributed by atoms with Crippen molar-refractivity contribution in [2.24, 2.45) is 0 Å². The molecular weight excluding hydrogens is 278 g/mol. The summed E-state index contributed by atoms with van der Waals surface area (Å²) in [5, 5.41) is 12.6. The van der Waals surface area contributed by atoms with Gasteiger partial charge in [-0.2, -0.15) is 0 Å². The average Bonchev–Trinajstić information content (AvgIpc) is 2.82. The molecule has 0 atom stereocenters. The van der Waals surface area contributed by atoms with Crippen molar-refractivity contribution in [1.82, 2.24) is 5.32 Å². The minimum absolute atomic E-state index is 0.105. The lowest BCUT2D eigenvalue weighted by Crippen LogP contribution is -2.52. The number of carboxylic acids is 1. The van der Waals surface area contributed by atoms with E-state index in [1.165, 1.54) is 0 Å². The molecule has 4 nitrogen and oxygen atoms in total. The number of hydrogen-bond donors (Lipinski definition) is 2. The summed E-state index contributed by atoms with van der Waals surface area (Å²) in [6, 6.07) is 5.49. The largest absolute Gasteiger partial charge is 0.480 e. The highest BCUT2D eigenvalue weighted by molar-refractivity contribution is 6.31. The number of aryl methyl sites for hydroxylation is 1. The Labute approximate surface area is 123 Å². The quantitative estimate of drug-likeness (QED) is 0.897. The van der Waals surface area contributed by atoms with Gasteiger partial charge >= 0.3 is 5.97 Å². The summed E-state index contributed by atoms with van der Waals surface area (Å²) in [6.07, 6.45) is 2.76. The van der Waals surface area contributed by atoms with Gasteiger partial charge in [0, 0.05) is 5.02 Å². The predicted molar refractivity (Wildman–Crippen MR) is 76.9 cm³/mol. The molecule has 0 aromatic heterocycles. The molecule has 0 aliphatic heterocycles. The van der Waals surface area contributed by atoms with Crippen LogP contribution in [0, 0.1) is 6.92 Å². The van der Waals surface area contributed by atoms with E-state index < -0.39 is 11.5 Å². The second-order valence-electron chi connectivity index (χ2n) is 5.41. The lowest BCUT2D eigenvalue weighted by molar-refractivity contribution is -0.147. The summed E-state index contributed by atoms with van der Waals surface area (Å²) in [6.45, 7) is 1.92. The van der Waals surface area contributed by atoms with Crippen LogP contribution in [0.1, 0.15) is 36.8 Å². The summed E-state index contributed by atoms with van der Waals surface area (Å²) in [5.74, 6) is -1.24. The number of rotatable bonds is 4. The highest BCUT2D eigenvalue weighted by Crippen LogP contribution is 2.30. The van der Waals surface area contributed by atoms with E-state index in [-0.39, 0.29) is 12.3 Å². The Kier molecular flexibility index (Phi) is 4.33. The van der Waals surface area contributed by atoms with Gasteiger partial charge in [0.1, 0.15) is 5.54 Å². The molecule has 0 radical (unpaired) electrons. The molecule has 1 aliphatic rings. The molecule has 108 valence electrons. The first-order valence-corrected chi connectivity index (χ1v) is 7.10. The number of halogens is 1. The summed E-state index contributed by atoms with van der Waals surface area (Å²) in [5.41, 5.74) is 0.652. The fourth-order valence-electron chi connectivity index (χ4n) is 2.65. The standard InChI is InChI=1S/C15H18ClNO3/c1-10-4-5-11(12(16)8-10)9-13(18)17-15(14(19)20)6-2-3-7-15/h4-5,8H,2-3,6-7,9H2,1H3,(H,17,18)(H,19,20). The van der Waals surface area contributed by atoms with Gasteiger partial charge in [-0.1, -0.05) is 36.6 Å². The van der Waals surface area contributed by atoms with Crippen molar-refractivity contribution in [3.63, 3.8) is 0 Å². The first-order chi connectivity index (χ1) is 9.43. The maximum Gasteiger partial charge on any atom is 0.329 e. The summed E-state index contributed by atoms with van der Waals surface area (Å²) >= 11 is 6.09. The lowest BCUT2D eigenvalue weighted by Gasteiger charge is -2.25. The molecule has 2 N–H and O–H groups in total. The van der Waals surface area contributed by atoms with Crippen LogP contribution in [-0.4, -0.2) is 22.5 Å². The molecule has 1 fully saturated rings. The first-order valence-electron chi connectivity index (χ1n) is 6.72. The van der Waals surface area contributed by atoms with Crippen molar-refractivity contribution in [2.75, 3.05) is 0 Å². The first kappa shape index (κ1) is 14.9. The normalized spacial score (nSPS) is 16.9. The third-order valence-electron chi connectivity index (χ3n) is 3.80. The van der Waals surface area contributed by atoms with E-state index >= 15 is 0 Å². The third-order valence-corrected chi connectivity index (χ3v) is 4.16. The SMILES string of the molecule is Cc1ccc(CC(=O)NC2(C(=O)O)CCCC2)c(Cl)c1. The van der Waals surface area contributed by atoms with Crippen molar-refractivity contribution in [3.8, 4) is 0 Å². The highest BCUT2D eigenvalue weighted by Gasteiger charge is 2.42. The molecule has 1 aliphatic carbocycles. The Morgan fingerprint density at radius 1 is 1.35 bits per heavy atom. The number of carbonyl (C=O) groups excluding carboxylic acids is 1. The molecule has 1 amide bonds. The fraction of sp³-hybridized carbons (Fsp3) is 0.467. The Morgan fingerprint density at radius 2 is 2.00 bits per heavy atom. The molecular formula is C15H18ClNO3. The molecule has 0 unspecified atom stereocenters. The summed E-state index contributed by atoms with van der Waals surface area (Å²) in [4.78, 5) is 23.5. The maximum atomic E-state index is 12.1. The molecule has 5 heteroatoms. The van der Waals surface area contributed by atoms with Gasteiger partial charge < -0.3 is 10.4 Å². The average molecular weight is 296 g/mol. The number of benzene rings is 1. The number of carboxylic acid groups (broad SMARTS) is 1. The second kappa shape index (κ2) is 5.83. The minimum atomic E-state index is -1.09. The van der Waals surface area contributed by atoms with Crippen LogP contribution in [-0.2, 0) is 16.0 Å². The predicted octanol–water partition coefficient (Wildman–Crippen LogP) is 2.70. The molecule has 0 heterocycles. The van der Waals surface area contributed by atoms with E-state index in [0.29, 0.717) is 23.4 Å².